The van der Waals surface area contributed by atoms with Crippen molar-refractivity contribution in [2.75, 3.05) is 0 Å². The fraction of sp³-hybridized carbons (Fsp3) is 0.611. The van der Waals surface area contributed by atoms with Gasteiger partial charge in [-0.3, -0.25) is 9.48 Å². The highest BCUT2D eigenvalue weighted by molar-refractivity contribution is 5.92. The summed E-state index contributed by atoms with van der Waals surface area (Å²) in [6.45, 7) is 7.64. The van der Waals surface area contributed by atoms with Gasteiger partial charge in [-0.05, 0) is 46.6 Å². The van der Waals surface area contributed by atoms with Gasteiger partial charge in [0.2, 0.25) is 0 Å². The maximum Gasteiger partial charge on any atom is 0.270 e. The first kappa shape index (κ1) is 19.1. The summed E-state index contributed by atoms with van der Waals surface area (Å²) in [7, 11) is 0. The van der Waals surface area contributed by atoms with Gasteiger partial charge in [-0.25, -0.2) is 9.37 Å². The van der Waals surface area contributed by atoms with E-state index in [4.69, 9.17) is 0 Å². The van der Waals surface area contributed by atoms with E-state index >= 15 is 0 Å². The molecule has 138 valence electrons. The minimum absolute atomic E-state index is 0.164. The number of aromatic amines is 1. The number of hydrogen-bond donors (Lipinski definition) is 2. The van der Waals surface area contributed by atoms with Gasteiger partial charge in [0, 0.05) is 12.7 Å². The molecule has 0 aromatic carbocycles. The smallest absolute Gasteiger partial charge is 0.270 e. The lowest BCUT2D eigenvalue weighted by atomic mass is 9.99. The van der Waals surface area contributed by atoms with E-state index in [0.717, 1.165) is 30.8 Å². The number of aryl methyl sites for hydroxylation is 2. The predicted molar refractivity (Wildman–Crippen MR) is 95.1 cm³/mol. The van der Waals surface area contributed by atoms with Crippen LogP contribution in [0.15, 0.2) is 18.5 Å². The molecule has 0 saturated carbocycles. The fourth-order valence-electron chi connectivity index (χ4n) is 2.83. The van der Waals surface area contributed by atoms with Crippen LogP contribution >= 0.6 is 0 Å². The first-order valence-corrected chi connectivity index (χ1v) is 8.83. The Bertz CT molecular complexity index is 686. The average Bonchev–Trinajstić information content (AvgIpc) is 3.17. The molecule has 1 unspecified atom stereocenters. The van der Waals surface area contributed by atoms with Crippen molar-refractivity contribution in [3.05, 3.63) is 35.7 Å². The highest BCUT2D eigenvalue weighted by Gasteiger charge is 2.20. The van der Waals surface area contributed by atoms with E-state index < -0.39 is 5.67 Å². The van der Waals surface area contributed by atoms with Crippen molar-refractivity contribution in [2.24, 2.45) is 0 Å². The predicted octanol–water partition coefficient (Wildman–Crippen LogP) is 3.71. The molecule has 2 aromatic rings. The molecule has 25 heavy (non-hydrogen) atoms. The van der Waals surface area contributed by atoms with Gasteiger partial charge in [-0.2, -0.15) is 5.10 Å². The lowest BCUT2D eigenvalue weighted by Gasteiger charge is -2.19. The number of aromatic nitrogens is 4. The van der Waals surface area contributed by atoms with E-state index in [2.05, 4.69) is 20.4 Å². The fourth-order valence-corrected chi connectivity index (χ4v) is 2.83. The molecule has 2 heterocycles. The number of H-pyrrole nitrogens is 1. The van der Waals surface area contributed by atoms with Crippen LogP contribution in [-0.2, 0) is 6.54 Å². The van der Waals surface area contributed by atoms with Gasteiger partial charge in [-0.1, -0.05) is 12.8 Å². The molecule has 6 nitrogen and oxygen atoms in total. The number of hydrogen-bond acceptors (Lipinski definition) is 3. The van der Waals surface area contributed by atoms with Crippen LogP contribution in [0.25, 0.3) is 0 Å². The first-order valence-electron chi connectivity index (χ1n) is 8.83. The molecule has 0 aliphatic carbocycles. The van der Waals surface area contributed by atoms with Crippen molar-refractivity contribution in [1.82, 2.24) is 25.1 Å². The summed E-state index contributed by atoms with van der Waals surface area (Å²) < 4.78 is 15.3. The Kier molecular flexibility index (Phi) is 6.33. The zero-order chi connectivity index (χ0) is 18.4. The first-order chi connectivity index (χ1) is 11.8. The normalized spacial score (nSPS) is 13.0. The topological polar surface area (TPSA) is 75.6 Å². The number of carbonyl (C=O) groups is 1. The molecule has 2 N–H and O–H groups in total. The number of nitrogens with zero attached hydrogens (tertiary/aromatic N) is 3. The number of unbranched alkanes of at least 4 members (excludes halogenated alkanes) is 1. The number of alkyl halides is 1. The van der Waals surface area contributed by atoms with E-state index in [9.17, 15) is 9.18 Å². The lowest BCUT2D eigenvalue weighted by molar-refractivity contribution is 0.0921. The summed E-state index contributed by atoms with van der Waals surface area (Å²) in [5, 5.41) is 7.19. The summed E-state index contributed by atoms with van der Waals surface area (Å²) >= 11 is 0. The van der Waals surface area contributed by atoms with E-state index in [1.807, 2.05) is 13.8 Å². The standard InChI is InChI=1S/C18H28FN5O/c1-5-24-16(9-11-21-24)17(25)23-14(15-12-20-13(2)22-15)8-6-7-10-18(3,4)19/h9,11-12,14H,5-8,10H2,1-4H3,(H,20,22)(H,23,25). The third kappa shape index (κ3) is 5.69. The van der Waals surface area contributed by atoms with Gasteiger partial charge in [-0.15, -0.1) is 0 Å². The van der Waals surface area contributed by atoms with E-state index in [0.29, 0.717) is 18.7 Å². The van der Waals surface area contributed by atoms with Crippen LogP contribution in [0.4, 0.5) is 4.39 Å². The number of halogens is 1. The molecule has 0 saturated heterocycles. The third-order valence-electron chi connectivity index (χ3n) is 4.17. The minimum Gasteiger partial charge on any atom is -0.344 e. The number of imidazole rings is 1. The van der Waals surface area contributed by atoms with Crippen molar-refractivity contribution >= 4 is 5.91 Å². The van der Waals surface area contributed by atoms with Crippen molar-refractivity contribution in [2.45, 2.75) is 71.6 Å². The molecule has 0 bridgehead atoms. The Morgan fingerprint density at radius 2 is 2.20 bits per heavy atom. The van der Waals surface area contributed by atoms with Crippen LogP contribution < -0.4 is 5.32 Å². The summed E-state index contributed by atoms with van der Waals surface area (Å²) in [6.07, 6.45) is 6.20. The monoisotopic (exact) mass is 349 g/mol. The molecule has 0 radical (unpaired) electrons. The number of amides is 1. The molecular weight excluding hydrogens is 321 g/mol. The van der Waals surface area contributed by atoms with E-state index in [1.165, 1.54) is 0 Å². The average molecular weight is 349 g/mol. The van der Waals surface area contributed by atoms with Crippen LogP contribution in [0, 0.1) is 6.92 Å². The van der Waals surface area contributed by atoms with Gasteiger partial charge >= 0.3 is 0 Å². The lowest BCUT2D eigenvalue weighted by Crippen LogP contribution is -2.30. The second kappa shape index (κ2) is 8.27. The molecule has 7 heteroatoms. The van der Waals surface area contributed by atoms with Crippen molar-refractivity contribution in [1.29, 1.82) is 0 Å². The summed E-state index contributed by atoms with van der Waals surface area (Å²) in [6, 6.07) is 1.52. The minimum atomic E-state index is -1.16. The SMILES string of the molecule is CCn1nccc1C(=O)NC(CCCCC(C)(C)F)c1cnc(C)[nH]1. The van der Waals surface area contributed by atoms with Gasteiger partial charge in [0.05, 0.1) is 17.9 Å². The Balaban J connectivity index is 2.03. The molecule has 0 aliphatic rings. The maximum atomic E-state index is 13.6. The van der Waals surface area contributed by atoms with Crippen molar-refractivity contribution in [3.63, 3.8) is 0 Å². The Labute approximate surface area is 148 Å². The van der Waals surface area contributed by atoms with E-state index in [1.54, 1.807) is 37.0 Å². The molecule has 0 fully saturated rings. The largest absolute Gasteiger partial charge is 0.344 e. The van der Waals surface area contributed by atoms with Crippen LogP contribution in [0.5, 0.6) is 0 Å². The van der Waals surface area contributed by atoms with Crippen molar-refractivity contribution < 1.29 is 9.18 Å². The van der Waals surface area contributed by atoms with Crippen LogP contribution in [-0.4, -0.2) is 31.3 Å². The van der Waals surface area contributed by atoms with Gasteiger partial charge in [0.15, 0.2) is 0 Å². The van der Waals surface area contributed by atoms with Crippen molar-refractivity contribution in [3.8, 4) is 0 Å². The molecule has 0 spiro atoms. The highest BCUT2D eigenvalue weighted by Crippen LogP contribution is 2.23. The molecular formula is C18H28FN5O. The Morgan fingerprint density at radius 3 is 2.80 bits per heavy atom. The quantitative estimate of drug-likeness (QED) is 0.678. The third-order valence-corrected chi connectivity index (χ3v) is 4.17. The molecule has 2 aromatic heterocycles. The second-order valence-electron chi connectivity index (χ2n) is 6.95. The van der Waals surface area contributed by atoms with Crippen LogP contribution in [0.3, 0.4) is 0 Å². The second-order valence-corrected chi connectivity index (χ2v) is 6.95. The summed E-state index contributed by atoms with van der Waals surface area (Å²) in [5.74, 6) is 0.639. The van der Waals surface area contributed by atoms with Gasteiger partial charge in [0.1, 0.15) is 17.2 Å². The summed E-state index contributed by atoms with van der Waals surface area (Å²) in [5.41, 5.74) is 0.248. The van der Waals surface area contributed by atoms with Gasteiger partial charge in [0.25, 0.3) is 5.91 Å². The van der Waals surface area contributed by atoms with Crippen LogP contribution in [0.1, 0.15) is 74.5 Å². The number of carbonyl (C=O) groups excluding carboxylic acids is 1. The van der Waals surface area contributed by atoms with E-state index in [-0.39, 0.29) is 11.9 Å². The Morgan fingerprint density at radius 1 is 1.44 bits per heavy atom. The zero-order valence-electron chi connectivity index (χ0n) is 15.5. The highest BCUT2D eigenvalue weighted by atomic mass is 19.1. The molecule has 1 amide bonds. The van der Waals surface area contributed by atoms with Crippen LogP contribution in [0.2, 0.25) is 0 Å². The number of nitrogens with one attached hydrogen (secondary N) is 2. The number of rotatable bonds is 9. The Hall–Kier alpha value is -2.18. The van der Waals surface area contributed by atoms with Gasteiger partial charge < -0.3 is 10.3 Å². The maximum absolute atomic E-state index is 13.6. The zero-order valence-corrected chi connectivity index (χ0v) is 15.5. The molecule has 2 rings (SSSR count). The molecule has 0 aliphatic heterocycles. The molecule has 1 atom stereocenters. The summed E-state index contributed by atoms with van der Waals surface area (Å²) in [4.78, 5) is 20.0.